The summed E-state index contributed by atoms with van der Waals surface area (Å²) in [5, 5.41) is 3.35. The Bertz CT molecular complexity index is 551. The topological polar surface area (TPSA) is 87.3 Å². The highest BCUT2D eigenvalue weighted by Gasteiger charge is 2.07. The Balaban J connectivity index is 2.31. The van der Waals surface area contributed by atoms with Crippen molar-refractivity contribution in [3.63, 3.8) is 0 Å². The van der Waals surface area contributed by atoms with Crippen LogP contribution in [0.15, 0.2) is 18.2 Å². The van der Waals surface area contributed by atoms with Gasteiger partial charge in [0.1, 0.15) is 0 Å². The molecule has 1 rings (SSSR count). The third-order valence-corrected chi connectivity index (χ3v) is 3.47. The van der Waals surface area contributed by atoms with E-state index in [1.807, 2.05) is 6.92 Å². The summed E-state index contributed by atoms with van der Waals surface area (Å²) in [4.78, 5) is 33.6. The largest absolute Gasteiger partial charge is 0.325 e. The molecule has 0 aliphatic carbocycles. The molecule has 0 radical (unpaired) electrons. The van der Waals surface area contributed by atoms with Crippen molar-refractivity contribution in [1.29, 1.82) is 0 Å². The van der Waals surface area contributed by atoms with E-state index in [1.165, 1.54) is 6.92 Å². The minimum Gasteiger partial charge on any atom is -0.325 e. The molecule has 0 spiro atoms. The van der Waals surface area contributed by atoms with Crippen LogP contribution < -0.4 is 16.2 Å². The number of thioether (sulfide) groups is 1. The van der Waals surface area contributed by atoms with Crippen molar-refractivity contribution < 1.29 is 14.4 Å². The molecule has 0 atom stereocenters. The fourth-order valence-corrected chi connectivity index (χ4v) is 2.23. The van der Waals surface area contributed by atoms with E-state index < -0.39 is 0 Å². The maximum atomic E-state index is 11.7. The number of hydrogen-bond donors (Lipinski definition) is 3. The van der Waals surface area contributed by atoms with E-state index >= 15 is 0 Å². The average Bonchev–Trinajstić information content (AvgIpc) is 2.39. The van der Waals surface area contributed by atoms with Gasteiger partial charge in [0.15, 0.2) is 0 Å². The predicted molar refractivity (Wildman–Crippen MR) is 84.1 cm³/mol. The molecule has 0 saturated carbocycles. The second kappa shape index (κ2) is 8.53. The van der Waals surface area contributed by atoms with Gasteiger partial charge in [-0.25, -0.2) is 0 Å². The third-order valence-electron chi connectivity index (χ3n) is 2.31. The van der Waals surface area contributed by atoms with Crippen molar-refractivity contribution >= 4 is 46.8 Å². The van der Waals surface area contributed by atoms with Gasteiger partial charge >= 0.3 is 0 Å². The van der Waals surface area contributed by atoms with Gasteiger partial charge in [-0.15, -0.1) is 11.8 Å². The van der Waals surface area contributed by atoms with Crippen LogP contribution in [0.2, 0.25) is 5.02 Å². The molecule has 1 aromatic rings. The SMILES string of the molecule is CC(=O)NNC(=O)CSCC(=O)Nc1ccc(Cl)cc1C. The fourth-order valence-electron chi connectivity index (χ4n) is 1.38. The van der Waals surface area contributed by atoms with Crippen LogP contribution in [0.5, 0.6) is 0 Å². The lowest BCUT2D eigenvalue weighted by molar-refractivity contribution is -0.126. The van der Waals surface area contributed by atoms with E-state index in [4.69, 9.17) is 11.6 Å². The molecule has 114 valence electrons. The first-order valence-electron chi connectivity index (χ1n) is 6.07. The number of amides is 3. The van der Waals surface area contributed by atoms with Crippen LogP contribution in [0.1, 0.15) is 12.5 Å². The zero-order chi connectivity index (χ0) is 15.8. The van der Waals surface area contributed by atoms with Gasteiger partial charge in [-0.2, -0.15) is 0 Å². The Kier molecular flexibility index (Phi) is 7.04. The number of hydrazine groups is 1. The molecule has 0 heterocycles. The molecule has 0 fully saturated rings. The van der Waals surface area contributed by atoms with Crippen LogP contribution in [0, 0.1) is 6.92 Å². The fraction of sp³-hybridized carbons (Fsp3) is 0.308. The minimum atomic E-state index is -0.370. The third kappa shape index (κ3) is 7.01. The number of aryl methyl sites for hydroxylation is 1. The summed E-state index contributed by atoms with van der Waals surface area (Å²) in [6.45, 7) is 3.13. The quantitative estimate of drug-likeness (QED) is 0.714. The number of carbonyl (C=O) groups is 3. The normalized spacial score (nSPS) is 9.86. The summed E-state index contributed by atoms with van der Waals surface area (Å²) in [7, 11) is 0. The zero-order valence-electron chi connectivity index (χ0n) is 11.7. The Morgan fingerprint density at radius 2 is 1.81 bits per heavy atom. The average molecular weight is 330 g/mol. The molecule has 21 heavy (non-hydrogen) atoms. The standard InChI is InChI=1S/C13H16ClN3O3S/c1-8-5-10(14)3-4-11(8)15-12(19)6-21-7-13(20)17-16-9(2)18/h3-5H,6-7H2,1-2H3,(H,15,19)(H,16,18)(H,17,20). The van der Waals surface area contributed by atoms with Crippen LogP contribution >= 0.6 is 23.4 Å². The number of hydrogen-bond acceptors (Lipinski definition) is 4. The van der Waals surface area contributed by atoms with Gasteiger partial charge < -0.3 is 5.32 Å². The van der Waals surface area contributed by atoms with E-state index in [9.17, 15) is 14.4 Å². The summed E-state index contributed by atoms with van der Waals surface area (Å²) in [5.41, 5.74) is 5.94. The molecule has 0 aromatic heterocycles. The highest BCUT2D eigenvalue weighted by atomic mass is 35.5. The molecule has 0 bridgehead atoms. The maximum absolute atomic E-state index is 11.7. The van der Waals surface area contributed by atoms with Crippen LogP contribution in [0.4, 0.5) is 5.69 Å². The first-order valence-corrected chi connectivity index (χ1v) is 7.61. The van der Waals surface area contributed by atoms with Crippen molar-refractivity contribution in [2.24, 2.45) is 0 Å². The van der Waals surface area contributed by atoms with Crippen molar-refractivity contribution in [2.75, 3.05) is 16.8 Å². The molecule has 0 aliphatic rings. The number of benzene rings is 1. The van der Waals surface area contributed by atoms with Gasteiger partial charge in [-0.3, -0.25) is 25.2 Å². The van der Waals surface area contributed by atoms with Gasteiger partial charge in [0.2, 0.25) is 17.7 Å². The Morgan fingerprint density at radius 3 is 2.43 bits per heavy atom. The van der Waals surface area contributed by atoms with Gasteiger partial charge in [0, 0.05) is 17.6 Å². The molecule has 3 amide bonds. The van der Waals surface area contributed by atoms with Crippen molar-refractivity contribution in [3.05, 3.63) is 28.8 Å². The van der Waals surface area contributed by atoms with E-state index in [2.05, 4.69) is 16.2 Å². The summed E-state index contributed by atoms with van der Waals surface area (Å²) in [6, 6.07) is 5.17. The van der Waals surface area contributed by atoms with Gasteiger partial charge in [0.05, 0.1) is 11.5 Å². The van der Waals surface area contributed by atoms with Crippen molar-refractivity contribution in [1.82, 2.24) is 10.9 Å². The number of carbonyl (C=O) groups excluding carboxylic acids is 3. The molecule has 0 unspecified atom stereocenters. The first-order chi connectivity index (χ1) is 9.88. The second-order valence-corrected chi connectivity index (χ2v) is 5.65. The van der Waals surface area contributed by atoms with Gasteiger partial charge in [-0.05, 0) is 30.7 Å². The number of nitrogens with one attached hydrogen (secondary N) is 3. The lowest BCUT2D eigenvalue weighted by Gasteiger charge is -2.08. The summed E-state index contributed by atoms with van der Waals surface area (Å²) >= 11 is 6.98. The molecule has 8 heteroatoms. The number of anilines is 1. The lowest BCUT2D eigenvalue weighted by Crippen LogP contribution is -2.41. The Labute approximate surface area is 132 Å². The van der Waals surface area contributed by atoms with Gasteiger partial charge in [0.25, 0.3) is 0 Å². The van der Waals surface area contributed by atoms with Crippen molar-refractivity contribution in [3.8, 4) is 0 Å². The van der Waals surface area contributed by atoms with Gasteiger partial charge in [-0.1, -0.05) is 11.6 Å². The lowest BCUT2D eigenvalue weighted by atomic mass is 10.2. The van der Waals surface area contributed by atoms with E-state index in [1.54, 1.807) is 18.2 Å². The first kappa shape index (κ1) is 17.3. The Hall–Kier alpha value is -1.73. The number of rotatable bonds is 5. The van der Waals surface area contributed by atoms with E-state index in [0.29, 0.717) is 10.7 Å². The van der Waals surface area contributed by atoms with E-state index in [-0.39, 0.29) is 29.2 Å². The molecule has 6 nitrogen and oxygen atoms in total. The molecule has 3 N–H and O–H groups in total. The van der Waals surface area contributed by atoms with Crippen LogP contribution in [-0.2, 0) is 14.4 Å². The minimum absolute atomic E-state index is 0.0767. The molecular weight excluding hydrogens is 314 g/mol. The second-order valence-electron chi connectivity index (χ2n) is 4.23. The van der Waals surface area contributed by atoms with Crippen LogP contribution in [0.25, 0.3) is 0 Å². The van der Waals surface area contributed by atoms with Crippen LogP contribution in [-0.4, -0.2) is 29.2 Å². The summed E-state index contributed by atoms with van der Waals surface area (Å²) in [5.74, 6) is -0.726. The summed E-state index contributed by atoms with van der Waals surface area (Å²) in [6.07, 6.45) is 0. The zero-order valence-corrected chi connectivity index (χ0v) is 13.2. The molecular formula is C13H16ClN3O3S. The Morgan fingerprint density at radius 1 is 1.14 bits per heavy atom. The number of halogens is 1. The van der Waals surface area contributed by atoms with Crippen LogP contribution in [0.3, 0.4) is 0 Å². The van der Waals surface area contributed by atoms with Crippen molar-refractivity contribution in [2.45, 2.75) is 13.8 Å². The maximum Gasteiger partial charge on any atom is 0.248 e. The molecule has 1 aromatic carbocycles. The smallest absolute Gasteiger partial charge is 0.248 e. The van der Waals surface area contributed by atoms with E-state index in [0.717, 1.165) is 17.3 Å². The molecule has 0 aliphatic heterocycles. The predicted octanol–water partition coefficient (Wildman–Crippen LogP) is 1.49. The summed E-state index contributed by atoms with van der Waals surface area (Å²) < 4.78 is 0. The monoisotopic (exact) mass is 329 g/mol. The highest BCUT2D eigenvalue weighted by molar-refractivity contribution is 8.00. The highest BCUT2D eigenvalue weighted by Crippen LogP contribution is 2.19. The molecule has 0 saturated heterocycles.